The maximum absolute atomic E-state index is 13.0. The van der Waals surface area contributed by atoms with Crippen molar-refractivity contribution in [3.63, 3.8) is 0 Å². The summed E-state index contributed by atoms with van der Waals surface area (Å²) in [6.07, 6.45) is 0. The van der Waals surface area contributed by atoms with E-state index in [1.54, 1.807) is 4.40 Å². The summed E-state index contributed by atoms with van der Waals surface area (Å²) < 4.78 is 3.86. The number of rotatable bonds is 3. The van der Waals surface area contributed by atoms with Crippen LogP contribution in [0.2, 0.25) is 0 Å². The number of para-hydroxylation sites is 3. The van der Waals surface area contributed by atoms with Crippen molar-refractivity contribution in [3.8, 4) is 0 Å². The van der Waals surface area contributed by atoms with Crippen molar-refractivity contribution >= 4 is 27.7 Å². The molecule has 0 aliphatic carbocycles. The molecule has 0 aliphatic heterocycles. The van der Waals surface area contributed by atoms with Crippen LogP contribution in [0, 0.1) is 0 Å². The van der Waals surface area contributed by atoms with Gasteiger partial charge in [-0.05, 0) is 38.4 Å². The van der Waals surface area contributed by atoms with Crippen molar-refractivity contribution in [1.29, 1.82) is 0 Å². The van der Waals surface area contributed by atoms with Crippen LogP contribution in [0.5, 0.6) is 0 Å². The Hall–Kier alpha value is -2.66. The van der Waals surface area contributed by atoms with Crippen LogP contribution in [0.3, 0.4) is 0 Å². The fraction of sp³-hybridized carbons (Fsp3) is 0.222. The quantitative estimate of drug-likeness (QED) is 0.583. The van der Waals surface area contributed by atoms with Gasteiger partial charge in [0.25, 0.3) is 5.56 Å². The first-order chi connectivity index (χ1) is 11.2. The molecule has 4 rings (SSSR count). The highest BCUT2D eigenvalue weighted by molar-refractivity contribution is 5.85. The van der Waals surface area contributed by atoms with Gasteiger partial charge in [-0.25, -0.2) is 9.38 Å². The van der Waals surface area contributed by atoms with E-state index in [-0.39, 0.29) is 5.56 Å². The number of imidazole rings is 1. The summed E-state index contributed by atoms with van der Waals surface area (Å²) in [5, 5.41) is 0.653. The molecule has 0 radical (unpaired) electrons. The summed E-state index contributed by atoms with van der Waals surface area (Å²) >= 11 is 0. The lowest BCUT2D eigenvalue weighted by Crippen LogP contribution is -2.20. The Labute approximate surface area is 133 Å². The van der Waals surface area contributed by atoms with Gasteiger partial charge in [0.05, 0.1) is 21.9 Å². The second kappa shape index (κ2) is 5.21. The number of fused-ring (bicyclic) bond motifs is 4. The maximum atomic E-state index is 13.0. The standard InChI is InChI=1S/C18H18N4O/c1-20(2)11-12-21-15-9-5-6-10-16(15)22-17(23)13-7-3-4-8-14(13)19-18(21)22/h3-10H,11-12H2,1-2H3. The van der Waals surface area contributed by atoms with Crippen LogP contribution in [0.1, 0.15) is 0 Å². The van der Waals surface area contributed by atoms with Gasteiger partial charge in [0, 0.05) is 13.1 Å². The van der Waals surface area contributed by atoms with Gasteiger partial charge < -0.3 is 9.47 Å². The molecule has 2 aromatic heterocycles. The summed E-state index contributed by atoms with van der Waals surface area (Å²) in [7, 11) is 4.09. The fourth-order valence-electron chi connectivity index (χ4n) is 3.03. The lowest BCUT2D eigenvalue weighted by molar-refractivity contribution is 0.388. The van der Waals surface area contributed by atoms with Gasteiger partial charge in [0.15, 0.2) is 0 Å². The molecule has 0 aliphatic rings. The highest BCUT2D eigenvalue weighted by atomic mass is 16.1. The molecule has 2 heterocycles. The topological polar surface area (TPSA) is 42.5 Å². The molecule has 0 fully saturated rings. The molecule has 0 spiro atoms. The van der Waals surface area contributed by atoms with Crippen molar-refractivity contribution in [2.45, 2.75) is 6.54 Å². The molecule has 5 nitrogen and oxygen atoms in total. The summed E-state index contributed by atoms with van der Waals surface area (Å²) in [4.78, 5) is 19.8. The molecule has 4 aromatic rings. The average molecular weight is 306 g/mol. The highest BCUT2D eigenvalue weighted by Crippen LogP contribution is 2.20. The van der Waals surface area contributed by atoms with Crippen LogP contribution < -0.4 is 5.56 Å². The van der Waals surface area contributed by atoms with E-state index in [0.29, 0.717) is 11.2 Å². The number of aromatic nitrogens is 3. The monoisotopic (exact) mass is 306 g/mol. The molecule has 0 bridgehead atoms. The molecular weight excluding hydrogens is 288 g/mol. The summed E-state index contributed by atoms with van der Waals surface area (Å²) in [6.45, 7) is 1.67. The van der Waals surface area contributed by atoms with Crippen molar-refractivity contribution in [2.75, 3.05) is 20.6 Å². The molecule has 5 heteroatoms. The Morgan fingerprint density at radius 3 is 2.48 bits per heavy atom. The van der Waals surface area contributed by atoms with Gasteiger partial charge in [-0.1, -0.05) is 24.3 Å². The van der Waals surface area contributed by atoms with Crippen molar-refractivity contribution in [1.82, 2.24) is 18.9 Å². The molecule has 0 saturated carbocycles. The van der Waals surface area contributed by atoms with Gasteiger partial charge in [-0.15, -0.1) is 0 Å². The summed E-state index contributed by atoms with van der Waals surface area (Å²) in [6, 6.07) is 15.5. The second-order valence-corrected chi connectivity index (χ2v) is 6.01. The van der Waals surface area contributed by atoms with E-state index in [9.17, 15) is 4.79 Å². The minimum absolute atomic E-state index is 0.00889. The minimum Gasteiger partial charge on any atom is -0.308 e. The van der Waals surface area contributed by atoms with Crippen LogP contribution in [-0.4, -0.2) is 39.5 Å². The zero-order valence-corrected chi connectivity index (χ0v) is 13.2. The third kappa shape index (κ3) is 2.12. The third-order valence-corrected chi connectivity index (χ3v) is 4.18. The lowest BCUT2D eigenvalue weighted by Gasteiger charge is -2.11. The van der Waals surface area contributed by atoms with E-state index in [2.05, 4.69) is 9.47 Å². The Morgan fingerprint density at radius 1 is 1.00 bits per heavy atom. The molecule has 0 amide bonds. The van der Waals surface area contributed by atoms with E-state index in [4.69, 9.17) is 4.98 Å². The molecular formula is C18H18N4O. The predicted molar refractivity (Wildman–Crippen MR) is 93.0 cm³/mol. The SMILES string of the molecule is CN(C)CCn1c2ccccc2n2c(=O)c3ccccc3nc12. The zero-order valence-electron chi connectivity index (χ0n) is 13.2. The highest BCUT2D eigenvalue weighted by Gasteiger charge is 2.15. The van der Waals surface area contributed by atoms with E-state index < -0.39 is 0 Å². The minimum atomic E-state index is -0.00889. The molecule has 0 N–H and O–H groups in total. The molecule has 2 aromatic carbocycles. The van der Waals surface area contributed by atoms with Crippen molar-refractivity contribution < 1.29 is 0 Å². The number of benzene rings is 2. The molecule has 23 heavy (non-hydrogen) atoms. The van der Waals surface area contributed by atoms with Crippen LogP contribution >= 0.6 is 0 Å². The normalized spacial score (nSPS) is 12.0. The van der Waals surface area contributed by atoms with Gasteiger partial charge >= 0.3 is 0 Å². The molecule has 116 valence electrons. The third-order valence-electron chi connectivity index (χ3n) is 4.18. The number of nitrogens with zero attached hydrogens (tertiary/aromatic N) is 4. The van der Waals surface area contributed by atoms with E-state index in [0.717, 1.165) is 29.6 Å². The fourth-order valence-corrected chi connectivity index (χ4v) is 3.03. The Balaban J connectivity index is 2.15. The number of likely N-dealkylation sites (N-methyl/N-ethyl adjacent to an activating group) is 1. The largest absolute Gasteiger partial charge is 0.308 e. The van der Waals surface area contributed by atoms with Gasteiger partial charge in [-0.3, -0.25) is 4.79 Å². The second-order valence-electron chi connectivity index (χ2n) is 6.01. The van der Waals surface area contributed by atoms with Crippen molar-refractivity contribution in [2.24, 2.45) is 0 Å². The van der Waals surface area contributed by atoms with E-state index in [1.807, 2.05) is 62.6 Å². The number of hydrogen-bond acceptors (Lipinski definition) is 3. The Kier molecular flexibility index (Phi) is 3.16. The first-order valence-corrected chi connectivity index (χ1v) is 7.70. The van der Waals surface area contributed by atoms with Crippen LogP contribution in [0.4, 0.5) is 0 Å². The predicted octanol–water partition coefficient (Wildman–Crippen LogP) is 2.36. The maximum Gasteiger partial charge on any atom is 0.267 e. The van der Waals surface area contributed by atoms with Crippen molar-refractivity contribution in [3.05, 3.63) is 58.9 Å². The first-order valence-electron chi connectivity index (χ1n) is 7.70. The molecule has 0 unspecified atom stereocenters. The van der Waals surface area contributed by atoms with Crippen LogP contribution in [0.25, 0.3) is 27.7 Å². The Morgan fingerprint density at radius 2 is 1.70 bits per heavy atom. The van der Waals surface area contributed by atoms with Gasteiger partial charge in [-0.2, -0.15) is 0 Å². The zero-order chi connectivity index (χ0) is 16.0. The summed E-state index contributed by atoms with van der Waals surface area (Å²) in [5.74, 6) is 0.705. The molecule has 0 saturated heterocycles. The van der Waals surface area contributed by atoms with Crippen LogP contribution in [0.15, 0.2) is 53.3 Å². The lowest BCUT2D eigenvalue weighted by atomic mass is 10.2. The molecule has 0 atom stereocenters. The summed E-state index contributed by atoms with van der Waals surface area (Å²) in [5.41, 5.74) is 2.68. The van der Waals surface area contributed by atoms with Gasteiger partial charge in [0.2, 0.25) is 5.78 Å². The smallest absolute Gasteiger partial charge is 0.267 e. The van der Waals surface area contributed by atoms with Crippen LogP contribution in [-0.2, 0) is 6.54 Å². The average Bonchev–Trinajstić information content (AvgIpc) is 2.87. The first kappa shape index (κ1) is 14.0. The van der Waals surface area contributed by atoms with E-state index >= 15 is 0 Å². The van der Waals surface area contributed by atoms with E-state index in [1.165, 1.54) is 0 Å². The Bertz CT molecular complexity index is 1070. The van der Waals surface area contributed by atoms with Gasteiger partial charge in [0.1, 0.15) is 0 Å². The number of hydrogen-bond donors (Lipinski definition) is 0.